The Hall–Kier alpha value is -9.95. The number of H-pyrrole nitrogens is 2. The van der Waals surface area contributed by atoms with Crippen LogP contribution in [0.1, 0.15) is 143 Å². The number of aromatic amines is 2. The van der Waals surface area contributed by atoms with Gasteiger partial charge in [-0.15, -0.1) is 0 Å². The largest absolute Gasteiger partial charge is 0.480 e. The zero-order valence-corrected chi connectivity index (χ0v) is 76.2. The molecule has 718 valence electrons. The molecule has 12 amide bonds. The molecule has 8 rings (SSSR count). The van der Waals surface area contributed by atoms with Gasteiger partial charge in [0.1, 0.15) is 48.9 Å². The van der Waals surface area contributed by atoms with Gasteiger partial charge in [0.25, 0.3) is 0 Å². The molecule has 5 fully saturated rings. The number of hydrogen-bond donors (Lipinski definition) is 19. The van der Waals surface area contributed by atoms with E-state index in [9.17, 15) is 97.5 Å². The Morgan fingerprint density at radius 1 is 0.574 bits per heavy atom. The molecule has 5 aliphatic rings. The predicted molar refractivity (Wildman–Crippen MR) is 474 cm³/mol. The van der Waals surface area contributed by atoms with Gasteiger partial charge in [-0.05, 0) is 160 Å². The lowest BCUT2D eigenvalue weighted by atomic mass is 9.43. The van der Waals surface area contributed by atoms with Gasteiger partial charge in [0.2, 0.25) is 70.9 Å². The van der Waals surface area contributed by atoms with E-state index >= 15 is 0 Å². The molecule has 0 bridgehead atoms. The molecule has 4 saturated carbocycles. The molecule has 1 aliphatic heterocycles. The second kappa shape index (κ2) is 50.4. The van der Waals surface area contributed by atoms with E-state index in [4.69, 9.17) is 20.9 Å². The van der Waals surface area contributed by atoms with E-state index in [2.05, 4.69) is 82.0 Å². The van der Waals surface area contributed by atoms with Gasteiger partial charge in [-0.1, -0.05) is 52.8 Å². The number of aliphatic hydroxyl groups is 2. The first-order chi connectivity index (χ1) is 61.2. The van der Waals surface area contributed by atoms with Crippen molar-refractivity contribution in [1.29, 1.82) is 0 Å². The van der Waals surface area contributed by atoms with Crippen molar-refractivity contribution < 1.29 is 107 Å². The van der Waals surface area contributed by atoms with Crippen molar-refractivity contribution in [3.8, 4) is 0 Å². The van der Waals surface area contributed by atoms with Crippen LogP contribution in [-0.4, -0.2) is 339 Å². The topological polar surface area (TPSA) is 605 Å². The lowest BCUT2D eigenvalue weighted by Crippen LogP contribution is -2.63. The summed E-state index contributed by atoms with van der Waals surface area (Å²) in [6, 6.07) is -1.80. The Kier molecular flexibility index (Phi) is 40.8. The minimum Gasteiger partial charge on any atom is -0.480 e. The van der Waals surface area contributed by atoms with Crippen LogP contribution < -0.4 is 64.6 Å². The Balaban J connectivity index is 0.785. The maximum absolute atomic E-state index is 14.6. The number of amides is 12. The molecule has 0 spiro atoms. The second-order valence-corrected chi connectivity index (χ2v) is 37.2. The lowest BCUT2D eigenvalue weighted by Gasteiger charge is -2.63. The number of benzene rings is 1. The summed E-state index contributed by atoms with van der Waals surface area (Å²) in [7, 11) is 0. The molecule has 129 heavy (non-hydrogen) atoms. The maximum Gasteiger partial charge on any atom is 0.317 e. The number of nitrogens with zero attached hydrogens (tertiary/aromatic N) is 5. The number of primary amides is 2. The number of aromatic nitrogens is 3. The van der Waals surface area contributed by atoms with Crippen LogP contribution >= 0.6 is 11.8 Å². The summed E-state index contributed by atoms with van der Waals surface area (Å²) >= 11 is 1.46. The maximum atomic E-state index is 14.6. The molecule has 1 aromatic carbocycles. The number of nitrogens with two attached hydrogens (primary N) is 2. The Morgan fingerprint density at radius 3 is 1.76 bits per heavy atom. The summed E-state index contributed by atoms with van der Waals surface area (Å²) in [6.45, 7) is 13.6. The van der Waals surface area contributed by atoms with E-state index in [0.717, 1.165) is 30.2 Å². The van der Waals surface area contributed by atoms with Crippen LogP contribution in [0.4, 0.5) is 0 Å². The number of rotatable bonds is 49. The van der Waals surface area contributed by atoms with E-state index in [0.29, 0.717) is 49.1 Å². The quantitative estimate of drug-likeness (QED) is 0.0269. The van der Waals surface area contributed by atoms with Crippen LogP contribution in [0.25, 0.3) is 10.9 Å². The highest BCUT2D eigenvalue weighted by molar-refractivity contribution is 7.98. The first kappa shape index (κ1) is 104. The number of fused-ring (bicyclic) bond motifs is 6. The number of carbonyl (C=O) groups is 15. The molecule has 3 heterocycles. The summed E-state index contributed by atoms with van der Waals surface area (Å²) in [5, 5.41) is 81.1. The van der Waals surface area contributed by atoms with Crippen molar-refractivity contribution >= 4 is 111 Å². The number of para-hydroxylation sites is 1. The third kappa shape index (κ3) is 31.7. The summed E-state index contributed by atoms with van der Waals surface area (Å²) < 4.78 is 11.4. The summed E-state index contributed by atoms with van der Waals surface area (Å²) in [5.74, 6) is -11.2. The average molecular weight is 1830 g/mol. The highest BCUT2D eigenvalue weighted by atomic mass is 32.2. The Bertz CT molecular complexity index is 4260. The average Bonchev–Trinajstić information content (AvgIpc) is 1.66. The minimum absolute atomic E-state index is 0.00298. The molecule has 0 radical (unpaired) electrons. The van der Waals surface area contributed by atoms with E-state index in [1.54, 1.807) is 27.0 Å². The van der Waals surface area contributed by atoms with Gasteiger partial charge in [-0.25, -0.2) is 4.98 Å². The first-order valence-electron chi connectivity index (χ1n) is 44.8. The number of ether oxygens (including phenoxy) is 2. The van der Waals surface area contributed by atoms with Gasteiger partial charge in [0.05, 0.1) is 76.8 Å². The van der Waals surface area contributed by atoms with Crippen molar-refractivity contribution in [1.82, 2.24) is 87.7 Å². The van der Waals surface area contributed by atoms with Crippen LogP contribution in [-0.2, 0) is 94.2 Å². The number of carboxylic acids is 3. The molecule has 3 unspecified atom stereocenters. The first-order valence-corrected chi connectivity index (χ1v) is 46.2. The Labute approximate surface area is 755 Å². The normalized spacial score (nSPS) is 24.2. The van der Waals surface area contributed by atoms with Gasteiger partial charge in [-0.2, -0.15) is 11.8 Å². The zero-order chi connectivity index (χ0) is 94.4. The van der Waals surface area contributed by atoms with Gasteiger partial charge in [-0.3, -0.25) is 91.5 Å². The van der Waals surface area contributed by atoms with Crippen LogP contribution in [0.15, 0.2) is 43.0 Å². The molecule has 3 aromatic rings. The molecule has 42 heteroatoms. The fourth-order valence-corrected chi connectivity index (χ4v) is 20.0. The lowest BCUT2D eigenvalue weighted by molar-refractivity contribution is -0.202. The van der Waals surface area contributed by atoms with Crippen molar-refractivity contribution in [2.75, 3.05) is 130 Å². The van der Waals surface area contributed by atoms with Crippen molar-refractivity contribution in [3.05, 3.63) is 54.2 Å². The number of imidazole rings is 1. The van der Waals surface area contributed by atoms with Gasteiger partial charge in [0.15, 0.2) is 0 Å². The molecular weight excluding hydrogens is 1700 g/mol. The molecular formula is C87H137N19O22S. The number of nitrogens with one attached hydrogen (secondary N) is 12. The fourth-order valence-electron chi connectivity index (χ4n) is 19.6. The number of aliphatic carboxylic acids is 3. The molecule has 2 aromatic heterocycles. The third-order valence-electron chi connectivity index (χ3n) is 26.5. The molecule has 21 N–H and O–H groups in total. The van der Waals surface area contributed by atoms with Gasteiger partial charge in [0, 0.05) is 114 Å². The zero-order valence-electron chi connectivity index (χ0n) is 75.4. The van der Waals surface area contributed by atoms with E-state index in [1.807, 2.05) is 50.1 Å². The standard InChI is InChI=1S/C87H137N19O22S/c1-50(2)35-65(84(125)100-63(79(89)120)20-34-129-8)101-85(126)67(39-57-42-90-49-94-57)99-72(111)43-93-80(121)52(4)95-81(122)53(5)96-83(124)66(36-54-41-92-62-12-10-9-11-58(54)62)102-82(123)64(16-17-70(88)109)98-71(110)18-13-51(3)59-14-15-60-78-61(40-69(108)87(59,60)7)86(6)21-19-56(37-55(86)38-68(78)107)97-74(113)48-128-33-32-127-31-22-91-73(112)44-103-23-25-104(45-75(114)115)27-29-106(47-77(118)119)30-28-105(26-24-103)46-76(116)117/h9-12,41-42,49-53,55-56,59-61,63-69,78,92,107-108H,13-40,43-48H2,1-8H3,(H2,88,109)(H2,89,120)(H,90,94)(H,91,112)(H,93,121)(H,95,122)(H,96,124)(H,97,113)(H,98,110)(H,99,111)(H,100,125)(H,101,126)(H,102,123)(H,114,115)(H,116,117)(H,118,119)/t51-,52+,53+,55+,56+,59-,60?,61?,63+,64+,65+,66+,67+,68-,69+,78?,86+,87-/m1/s1. The third-order valence-corrected chi connectivity index (χ3v) is 27.2. The number of hydrogen-bond acceptors (Lipinski definition) is 25. The van der Waals surface area contributed by atoms with Crippen molar-refractivity contribution in [2.45, 2.75) is 205 Å². The van der Waals surface area contributed by atoms with Crippen LogP contribution in [0.2, 0.25) is 0 Å². The van der Waals surface area contributed by atoms with Gasteiger partial charge < -0.3 is 110 Å². The van der Waals surface area contributed by atoms with E-state index in [-0.39, 0.29) is 221 Å². The summed E-state index contributed by atoms with van der Waals surface area (Å²) in [6.07, 6.45) is 9.47. The van der Waals surface area contributed by atoms with Crippen molar-refractivity contribution in [3.63, 3.8) is 0 Å². The summed E-state index contributed by atoms with van der Waals surface area (Å²) in [4.78, 5) is 215. The van der Waals surface area contributed by atoms with E-state index in [1.165, 1.54) is 38.1 Å². The van der Waals surface area contributed by atoms with Crippen LogP contribution in [0, 0.1) is 52.3 Å². The predicted octanol–water partition coefficient (Wildman–Crippen LogP) is -2.10. The van der Waals surface area contributed by atoms with Crippen LogP contribution in [0.5, 0.6) is 0 Å². The Morgan fingerprint density at radius 2 is 1.15 bits per heavy atom. The number of aliphatic hydroxyl groups excluding tert-OH is 2. The smallest absolute Gasteiger partial charge is 0.317 e. The second-order valence-electron chi connectivity index (χ2n) is 36.2. The van der Waals surface area contributed by atoms with Crippen LogP contribution in [0.3, 0.4) is 0 Å². The molecule has 4 aliphatic carbocycles. The highest BCUT2D eigenvalue weighted by Gasteiger charge is 2.66. The molecule has 18 atom stereocenters. The van der Waals surface area contributed by atoms with Crippen molar-refractivity contribution in [2.24, 2.45) is 63.7 Å². The number of carboxylic acid groups (broad SMARTS) is 3. The molecule has 1 saturated heterocycles. The number of carbonyl (C=O) groups excluding carboxylic acids is 12. The summed E-state index contributed by atoms with van der Waals surface area (Å²) in [5.41, 5.74) is 12.0. The fraction of sp³-hybridized carbons (Fsp3) is 0.701. The van der Waals surface area contributed by atoms with E-state index < -0.39 is 143 Å². The monoisotopic (exact) mass is 1830 g/mol. The number of thioether (sulfide) groups is 1. The van der Waals surface area contributed by atoms with Gasteiger partial charge >= 0.3 is 17.9 Å². The highest BCUT2D eigenvalue weighted by Crippen LogP contribution is 2.68. The SMILES string of the molecule is CSCC[C@H](NC(=O)[C@H](CC(C)C)NC(=O)[C@H](Cc1c[nH]cn1)NC(=O)CNC(=O)[C@H](C)NC(=O)[C@H](C)NC(=O)[C@H](Cc1c[nH]c2ccccc12)NC(=O)[C@H](CCC(N)=O)NC(=O)CC[C@@H](C)[C@H]1CCC2C3C(C[C@H](O)[C@@]21C)[C@@]1(C)CC[C@H](NC(=O)COCCOCCNC(=O)CN2CCN(CC(=O)O)CCN(CC(=O)O)CCN(CC(=O)O)CC2)C[C@H]1C[C@H]3O)C(N)=O. The molecule has 41 nitrogen and oxygen atoms in total. The minimum atomic E-state index is -1.41.